The average Bonchev–Trinajstić information content (AvgIpc) is 2.48. The molecule has 22 heavy (non-hydrogen) atoms. The molecule has 2 aliphatic carbocycles. The van der Waals surface area contributed by atoms with E-state index in [1.54, 1.807) is 0 Å². The predicted molar refractivity (Wildman–Crippen MR) is 89.8 cm³/mol. The molecule has 0 aromatic rings. The van der Waals surface area contributed by atoms with Gasteiger partial charge in [0.2, 0.25) is 11.8 Å². The molecule has 2 saturated carbocycles. The molecule has 2 rings (SSSR count). The van der Waals surface area contributed by atoms with Crippen LogP contribution < -0.4 is 16.4 Å². The van der Waals surface area contributed by atoms with Gasteiger partial charge in [0.05, 0.1) is 0 Å². The summed E-state index contributed by atoms with van der Waals surface area (Å²) in [5.74, 6) is 0.160. The van der Waals surface area contributed by atoms with Gasteiger partial charge in [0.15, 0.2) is 0 Å². The fraction of sp³-hybridized carbons (Fsp3) is 0.875. The summed E-state index contributed by atoms with van der Waals surface area (Å²) >= 11 is 0. The first kappa shape index (κ1) is 19.2. The second-order valence-corrected chi connectivity index (χ2v) is 6.57. The highest BCUT2D eigenvalue weighted by Gasteiger charge is 2.25. The lowest BCUT2D eigenvalue weighted by Crippen LogP contribution is -2.40. The molecule has 0 heterocycles. The Morgan fingerprint density at radius 1 is 1.00 bits per heavy atom. The van der Waals surface area contributed by atoms with E-state index < -0.39 is 0 Å². The summed E-state index contributed by atoms with van der Waals surface area (Å²) in [5, 5.41) is 5.95. The fourth-order valence-electron chi connectivity index (χ4n) is 3.46. The van der Waals surface area contributed by atoms with Gasteiger partial charge in [-0.2, -0.15) is 0 Å². The lowest BCUT2D eigenvalue weighted by Gasteiger charge is -2.25. The van der Waals surface area contributed by atoms with Gasteiger partial charge in [-0.3, -0.25) is 9.59 Å². The zero-order chi connectivity index (χ0) is 15.1. The number of nitrogens with two attached hydrogens (primary N) is 1. The van der Waals surface area contributed by atoms with Crippen molar-refractivity contribution in [3.05, 3.63) is 0 Å². The van der Waals surface area contributed by atoms with Gasteiger partial charge < -0.3 is 16.4 Å². The second kappa shape index (κ2) is 10.1. The van der Waals surface area contributed by atoms with E-state index in [0.717, 1.165) is 38.5 Å². The van der Waals surface area contributed by atoms with Crippen molar-refractivity contribution in [3.8, 4) is 0 Å². The van der Waals surface area contributed by atoms with Crippen LogP contribution in [0.1, 0.15) is 64.2 Å². The van der Waals surface area contributed by atoms with Crippen molar-refractivity contribution < 1.29 is 9.59 Å². The number of rotatable bonds is 5. The zero-order valence-corrected chi connectivity index (χ0v) is 14.1. The minimum Gasteiger partial charge on any atom is -0.355 e. The minimum absolute atomic E-state index is 0. The third kappa shape index (κ3) is 6.53. The van der Waals surface area contributed by atoms with Crippen LogP contribution in [-0.2, 0) is 9.59 Å². The Morgan fingerprint density at radius 3 is 2.41 bits per heavy atom. The molecule has 5 nitrogen and oxygen atoms in total. The Kier molecular flexibility index (Phi) is 8.79. The van der Waals surface area contributed by atoms with E-state index in [-0.39, 0.29) is 36.2 Å². The van der Waals surface area contributed by atoms with Crippen LogP contribution >= 0.6 is 12.4 Å². The number of nitrogens with one attached hydrogen (secondary N) is 2. The van der Waals surface area contributed by atoms with Crippen molar-refractivity contribution in [2.75, 3.05) is 6.54 Å². The molecule has 2 amide bonds. The van der Waals surface area contributed by atoms with Crippen molar-refractivity contribution in [3.63, 3.8) is 0 Å². The number of carbonyl (C=O) groups excluding carboxylic acids is 2. The van der Waals surface area contributed by atoms with Crippen LogP contribution in [0.5, 0.6) is 0 Å². The Morgan fingerprint density at radius 2 is 1.73 bits per heavy atom. The first-order valence-corrected chi connectivity index (χ1v) is 8.48. The van der Waals surface area contributed by atoms with Crippen molar-refractivity contribution in [2.45, 2.75) is 76.3 Å². The minimum atomic E-state index is 0. The standard InChI is InChI=1S/C16H29N3O2.ClH/c17-13-6-4-5-12(11-13)16(21)18-10-9-15(20)19-14-7-2-1-3-8-14;/h12-14H,1-11,17H2,(H,18,21)(H,19,20);1H. The van der Waals surface area contributed by atoms with E-state index in [1.807, 2.05) is 0 Å². The molecule has 2 fully saturated rings. The molecule has 2 atom stereocenters. The van der Waals surface area contributed by atoms with Crippen molar-refractivity contribution in [1.29, 1.82) is 0 Å². The van der Waals surface area contributed by atoms with Crippen molar-refractivity contribution in [2.24, 2.45) is 11.7 Å². The number of hydrogen-bond acceptors (Lipinski definition) is 3. The molecular formula is C16H30ClN3O2. The molecule has 0 bridgehead atoms. The topological polar surface area (TPSA) is 84.2 Å². The Bertz CT molecular complexity index is 359. The molecule has 4 N–H and O–H groups in total. The third-order valence-corrected chi connectivity index (χ3v) is 4.71. The lowest BCUT2D eigenvalue weighted by molar-refractivity contribution is -0.126. The third-order valence-electron chi connectivity index (χ3n) is 4.71. The summed E-state index contributed by atoms with van der Waals surface area (Å²) in [7, 11) is 0. The highest BCUT2D eigenvalue weighted by Crippen LogP contribution is 2.23. The van der Waals surface area contributed by atoms with Crippen LogP contribution in [0.15, 0.2) is 0 Å². The Labute approximate surface area is 139 Å². The van der Waals surface area contributed by atoms with Crippen LogP contribution in [0.3, 0.4) is 0 Å². The molecule has 0 aromatic carbocycles. The number of hydrogen-bond donors (Lipinski definition) is 3. The largest absolute Gasteiger partial charge is 0.355 e. The molecule has 6 heteroatoms. The summed E-state index contributed by atoms with van der Waals surface area (Å²) in [6.45, 7) is 0.434. The van der Waals surface area contributed by atoms with Gasteiger partial charge in [-0.1, -0.05) is 25.7 Å². The maximum absolute atomic E-state index is 12.0. The van der Waals surface area contributed by atoms with Crippen LogP contribution in [-0.4, -0.2) is 30.4 Å². The smallest absolute Gasteiger partial charge is 0.223 e. The van der Waals surface area contributed by atoms with Crippen LogP contribution in [0.4, 0.5) is 0 Å². The van der Waals surface area contributed by atoms with Gasteiger partial charge in [-0.25, -0.2) is 0 Å². The van der Waals surface area contributed by atoms with Crippen molar-refractivity contribution >= 4 is 24.2 Å². The van der Waals surface area contributed by atoms with E-state index >= 15 is 0 Å². The van der Waals surface area contributed by atoms with Crippen LogP contribution in [0, 0.1) is 5.92 Å². The maximum atomic E-state index is 12.0. The molecular weight excluding hydrogens is 302 g/mol. The van der Waals surface area contributed by atoms with E-state index in [0.29, 0.717) is 19.0 Å². The molecule has 0 aromatic heterocycles. The van der Waals surface area contributed by atoms with E-state index in [9.17, 15) is 9.59 Å². The van der Waals surface area contributed by atoms with Gasteiger partial charge >= 0.3 is 0 Å². The lowest BCUT2D eigenvalue weighted by atomic mass is 9.85. The Hall–Kier alpha value is -0.810. The summed E-state index contributed by atoms with van der Waals surface area (Å²) < 4.78 is 0. The average molecular weight is 332 g/mol. The molecule has 2 unspecified atom stereocenters. The van der Waals surface area contributed by atoms with Gasteiger partial charge in [0.1, 0.15) is 0 Å². The highest BCUT2D eigenvalue weighted by atomic mass is 35.5. The van der Waals surface area contributed by atoms with E-state index in [4.69, 9.17) is 5.73 Å². The fourth-order valence-corrected chi connectivity index (χ4v) is 3.46. The molecule has 128 valence electrons. The van der Waals surface area contributed by atoms with Gasteiger partial charge in [0.25, 0.3) is 0 Å². The van der Waals surface area contributed by atoms with E-state index in [2.05, 4.69) is 10.6 Å². The summed E-state index contributed by atoms with van der Waals surface area (Å²) in [6.07, 6.45) is 10.0. The normalized spacial score (nSPS) is 25.9. The highest BCUT2D eigenvalue weighted by molar-refractivity contribution is 5.85. The van der Waals surface area contributed by atoms with Crippen LogP contribution in [0.2, 0.25) is 0 Å². The Balaban J connectivity index is 0.00000242. The predicted octanol–water partition coefficient (Wildman–Crippen LogP) is 1.88. The number of carbonyl (C=O) groups is 2. The maximum Gasteiger partial charge on any atom is 0.223 e. The SMILES string of the molecule is Cl.NC1CCCC(C(=O)NCCC(=O)NC2CCCCC2)C1. The van der Waals surface area contributed by atoms with Gasteiger partial charge in [-0.05, 0) is 32.1 Å². The van der Waals surface area contributed by atoms with Gasteiger partial charge in [-0.15, -0.1) is 12.4 Å². The summed E-state index contributed by atoms with van der Waals surface area (Å²) in [4.78, 5) is 23.9. The molecule has 0 saturated heterocycles. The zero-order valence-electron chi connectivity index (χ0n) is 13.3. The molecule has 0 spiro atoms. The first-order valence-electron chi connectivity index (χ1n) is 8.48. The number of amides is 2. The molecule has 0 radical (unpaired) electrons. The first-order chi connectivity index (χ1) is 10.1. The van der Waals surface area contributed by atoms with Crippen molar-refractivity contribution in [1.82, 2.24) is 10.6 Å². The van der Waals surface area contributed by atoms with E-state index in [1.165, 1.54) is 19.3 Å². The monoisotopic (exact) mass is 331 g/mol. The molecule has 2 aliphatic rings. The second-order valence-electron chi connectivity index (χ2n) is 6.57. The molecule has 0 aliphatic heterocycles. The summed E-state index contributed by atoms with van der Waals surface area (Å²) in [6, 6.07) is 0.502. The van der Waals surface area contributed by atoms with Gasteiger partial charge in [0, 0.05) is 31.0 Å². The van der Waals surface area contributed by atoms with Crippen LogP contribution in [0.25, 0.3) is 0 Å². The number of halogens is 1. The quantitative estimate of drug-likeness (QED) is 0.719. The summed E-state index contributed by atoms with van der Waals surface area (Å²) in [5.41, 5.74) is 5.90.